The fraction of sp³-hybridized carbons (Fsp3) is 0.0909. The zero-order valence-corrected chi connectivity index (χ0v) is 18.5. The molecule has 0 saturated carbocycles. The Morgan fingerprint density at radius 1 is 1.24 bits per heavy atom. The summed E-state index contributed by atoms with van der Waals surface area (Å²) in [6.07, 6.45) is 4.72. The van der Waals surface area contributed by atoms with E-state index in [0.29, 0.717) is 27.4 Å². The number of ether oxygens (including phenoxy) is 2. The van der Waals surface area contributed by atoms with Crippen molar-refractivity contribution in [3.05, 3.63) is 76.0 Å². The second kappa shape index (κ2) is 8.75. The average Bonchev–Trinajstić information content (AvgIpc) is 3.49. The molecule has 0 aliphatic heterocycles. The lowest BCUT2D eigenvalue weighted by molar-refractivity contribution is 0.0600. The molecule has 0 aliphatic rings. The van der Waals surface area contributed by atoms with Gasteiger partial charge in [0.05, 0.1) is 13.3 Å². The largest absolute Gasteiger partial charge is 0.470 e. The minimum absolute atomic E-state index is 0.0770. The summed E-state index contributed by atoms with van der Waals surface area (Å²) in [4.78, 5) is 33.6. The highest BCUT2D eigenvalue weighted by molar-refractivity contribution is 7.17. The minimum atomic E-state index is -0.618. The van der Waals surface area contributed by atoms with Crippen LogP contribution in [0.4, 0.5) is 5.69 Å². The second-order valence-corrected chi connectivity index (χ2v) is 8.03. The van der Waals surface area contributed by atoms with Crippen LogP contribution in [0.3, 0.4) is 0 Å². The van der Waals surface area contributed by atoms with Crippen molar-refractivity contribution >= 4 is 34.0 Å². The standard InChI is InChI=1S/C22H16N6O5S/c1-31-22(30)18-19(26-20(34-18)13-3-2-6-24-9-13)32-11-15-10-25-27-28(15)16-7-12-4-5-14(23)8-17(12)33-21(16)29/h2-10H,11,23H2,1H3. The van der Waals surface area contributed by atoms with Crippen LogP contribution in [0.25, 0.3) is 27.2 Å². The molecule has 0 aliphatic carbocycles. The van der Waals surface area contributed by atoms with E-state index in [1.165, 1.54) is 18.0 Å². The third-order valence-electron chi connectivity index (χ3n) is 4.82. The maximum Gasteiger partial charge on any atom is 0.362 e. The van der Waals surface area contributed by atoms with Crippen molar-refractivity contribution < 1.29 is 18.7 Å². The van der Waals surface area contributed by atoms with Gasteiger partial charge in [0.2, 0.25) is 5.88 Å². The van der Waals surface area contributed by atoms with Gasteiger partial charge in [0, 0.05) is 35.1 Å². The van der Waals surface area contributed by atoms with Crippen molar-refractivity contribution in [1.82, 2.24) is 25.0 Å². The summed E-state index contributed by atoms with van der Waals surface area (Å²) in [5.41, 5.74) is 7.30. The van der Waals surface area contributed by atoms with Crippen LogP contribution in [0.1, 0.15) is 15.4 Å². The van der Waals surface area contributed by atoms with Gasteiger partial charge in [-0.2, -0.15) is 0 Å². The lowest BCUT2D eigenvalue weighted by Gasteiger charge is -2.08. The van der Waals surface area contributed by atoms with Crippen molar-refractivity contribution in [3.63, 3.8) is 0 Å². The van der Waals surface area contributed by atoms with E-state index in [0.717, 1.165) is 16.9 Å². The Balaban J connectivity index is 1.47. The number of anilines is 1. The van der Waals surface area contributed by atoms with E-state index in [4.69, 9.17) is 19.6 Å². The molecule has 170 valence electrons. The first kappa shape index (κ1) is 21.3. The number of pyridine rings is 1. The molecule has 4 aromatic heterocycles. The third-order valence-corrected chi connectivity index (χ3v) is 5.89. The molecule has 2 N–H and O–H groups in total. The van der Waals surface area contributed by atoms with Gasteiger partial charge in [0.1, 0.15) is 22.9 Å². The van der Waals surface area contributed by atoms with Crippen molar-refractivity contribution in [2.24, 2.45) is 0 Å². The highest BCUT2D eigenvalue weighted by Gasteiger charge is 2.22. The number of methoxy groups -OCH3 is 1. The first-order valence-electron chi connectivity index (χ1n) is 9.89. The smallest absolute Gasteiger partial charge is 0.362 e. The predicted molar refractivity (Wildman–Crippen MR) is 123 cm³/mol. The Morgan fingerprint density at radius 3 is 2.91 bits per heavy atom. The zero-order valence-electron chi connectivity index (χ0n) is 17.7. The van der Waals surface area contributed by atoms with Crippen LogP contribution in [0.15, 0.2) is 64.2 Å². The quantitative estimate of drug-likeness (QED) is 0.220. The molecule has 0 fully saturated rings. The number of nitrogen functional groups attached to an aromatic ring is 1. The number of esters is 1. The number of hydrogen-bond donors (Lipinski definition) is 1. The Bertz CT molecular complexity index is 1560. The number of carbonyl (C=O) groups is 1. The first-order valence-corrected chi connectivity index (χ1v) is 10.7. The summed E-state index contributed by atoms with van der Waals surface area (Å²) in [6, 6.07) is 10.2. The van der Waals surface area contributed by atoms with Gasteiger partial charge in [-0.3, -0.25) is 4.98 Å². The molecule has 34 heavy (non-hydrogen) atoms. The summed E-state index contributed by atoms with van der Waals surface area (Å²) in [7, 11) is 1.28. The zero-order chi connectivity index (χ0) is 23.7. The van der Waals surface area contributed by atoms with Gasteiger partial charge in [-0.1, -0.05) is 5.21 Å². The molecular formula is C22H16N6O5S. The van der Waals surface area contributed by atoms with Crippen molar-refractivity contribution in [2.45, 2.75) is 6.61 Å². The molecule has 11 nitrogen and oxygen atoms in total. The van der Waals surface area contributed by atoms with Crippen LogP contribution in [0.2, 0.25) is 0 Å². The van der Waals surface area contributed by atoms with Gasteiger partial charge in [-0.25, -0.2) is 19.3 Å². The van der Waals surface area contributed by atoms with E-state index in [-0.39, 0.29) is 23.1 Å². The minimum Gasteiger partial charge on any atom is -0.470 e. The van der Waals surface area contributed by atoms with Gasteiger partial charge >= 0.3 is 11.6 Å². The summed E-state index contributed by atoms with van der Waals surface area (Å²) >= 11 is 1.12. The van der Waals surface area contributed by atoms with Crippen LogP contribution in [-0.2, 0) is 11.3 Å². The van der Waals surface area contributed by atoms with Gasteiger partial charge < -0.3 is 19.6 Å². The molecule has 0 spiro atoms. The van der Waals surface area contributed by atoms with E-state index in [1.54, 1.807) is 42.7 Å². The molecule has 4 heterocycles. The molecule has 0 bridgehead atoms. The molecule has 0 saturated heterocycles. The maximum atomic E-state index is 12.6. The van der Waals surface area contributed by atoms with E-state index in [2.05, 4.69) is 20.3 Å². The number of hydrogen-bond acceptors (Lipinski definition) is 11. The highest BCUT2D eigenvalue weighted by Crippen LogP contribution is 2.33. The second-order valence-electron chi connectivity index (χ2n) is 7.03. The highest BCUT2D eigenvalue weighted by atomic mass is 32.1. The fourth-order valence-corrected chi connectivity index (χ4v) is 4.12. The fourth-order valence-electron chi connectivity index (χ4n) is 3.20. The van der Waals surface area contributed by atoms with Gasteiger partial charge in [0.25, 0.3) is 0 Å². The summed E-state index contributed by atoms with van der Waals surface area (Å²) in [6.45, 7) is -0.0770. The third kappa shape index (κ3) is 3.97. The number of rotatable bonds is 6. The molecule has 0 unspecified atom stereocenters. The Labute approximate surface area is 195 Å². The van der Waals surface area contributed by atoms with E-state index in [9.17, 15) is 9.59 Å². The number of nitrogens with two attached hydrogens (primary N) is 1. The molecule has 12 heteroatoms. The lowest BCUT2D eigenvalue weighted by atomic mass is 10.2. The summed E-state index contributed by atoms with van der Waals surface area (Å²) in [5.74, 6) is -0.492. The van der Waals surface area contributed by atoms with Gasteiger partial charge in [-0.15, -0.1) is 16.4 Å². The average molecular weight is 476 g/mol. The summed E-state index contributed by atoms with van der Waals surface area (Å²) < 4.78 is 17.4. The number of thiazole rings is 1. The topological polar surface area (TPSA) is 148 Å². The van der Waals surface area contributed by atoms with E-state index in [1.807, 2.05) is 6.07 Å². The van der Waals surface area contributed by atoms with Crippen LogP contribution in [-0.4, -0.2) is 38.0 Å². The molecule has 5 aromatic rings. The molecule has 0 amide bonds. The van der Waals surface area contributed by atoms with Crippen LogP contribution >= 0.6 is 11.3 Å². The van der Waals surface area contributed by atoms with Gasteiger partial charge in [0.15, 0.2) is 10.6 Å². The predicted octanol–water partition coefficient (Wildman–Crippen LogP) is 2.84. The number of carbonyl (C=O) groups excluding carboxylic acids is 1. The molecule has 0 atom stereocenters. The number of aromatic nitrogens is 5. The van der Waals surface area contributed by atoms with Crippen LogP contribution in [0, 0.1) is 0 Å². The molecule has 0 radical (unpaired) electrons. The normalized spacial score (nSPS) is 11.0. The molecular weight excluding hydrogens is 460 g/mol. The number of nitrogens with zero attached hydrogens (tertiary/aromatic N) is 5. The number of fused-ring (bicyclic) bond motifs is 1. The maximum absolute atomic E-state index is 12.6. The Hall–Kier alpha value is -4.58. The lowest BCUT2D eigenvalue weighted by Crippen LogP contribution is -2.15. The Kier molecular flexibility index (Phi) is 5.47. The van der Waals surface area contributed by atoms with Crippen LogP contribution < -0.4 is 16.1 Å². The van der Waals surface area contributed by atoms with E-state index < -0.39 is 11.6 Å². The van der Waals surface area contributed by atoms with Crippen LogP contribution in [0.5, 0.6) is 5.88 Å². The summed E-state index contributed by atoms with van der Waals surface area (Å²) in [5, 5.41) is 9.09. The monoisotopic (exact) mass is 476 g/mol. The first-order chi connectivity index (χ1) is 16.5. The van der Waals surface area contributed by atoms with E-state index >= 15 is 0 Å². The molecule has 1 aromatic carbocycles. The Morgan fingerprint density at radius 2 is 2.12 bits per heavy atom. The number of benzene rings is 1. The van der Waals surface area contributed by atoms with Crippen molar-refractivity contribution in [3.8, 4) is 22.1 Å². The SMILES string of the molecule is COC(=O)c1sc(-c2cccnc2)nc1OCc1cnnn1-c1cc2ccc(N)cc2oc1=O. The van der Waals surface area contributed by atoms with Gasteiger partial charge in [-0.05, 0) is 30.3 Å². The molecule has 5 rings (SSSR count). The van der Waals surface area contributed by atoms with Crippen molar-refractivity contribution in [2.75, 3.05) is 12.8 Å². The van der Waals surface area contributed by atoms with Crippen molar-refractivity contribution in [1.29, 1.82) is 0 Å².